The van der Waals surface area contributed by atoms with Crippen molar-refractivity contribution >= 4 is 38.1 Å². The van der Waals surface area contributed by atoms with Gasteiger partial charge in [0.25, 0.3) is 0 Å². The van der Waals surface area contributed by atoms with Crippen LogP contribution >= 0.6 is 31.9 Å². The Hall–Kier alpha value is -1.13. The fourth-order valence-corrected chi connectivity index (χ4v) is 4.06. The molecule has 0 heterocycles. The number of hydrogen-bond donors (Lipinski definition) is 0. The summed E-state index contributed by atoms with van der Waals surface area (Å²) in [7, 11) is 0. The summed E-state index contributed by atoms with van der Waals surface area (Å²) in [5, 5.41) is 0. The molecule has 0 aliphatic rings. The van der Waals surface area contributed by atoms with Crippen LogP contribution in [0.2, 0.25) is 0 Å². The van der Waals surface area contributed by atoms with Gasteiger partial charge >= 0.3 is 0 Å². The van der Waals surface area contributed by atoms with Gasteiger partial charge in [-0.15, -0.1) is 0 Å². The number of benzene rings is 2. The van der Waals surface area contributed by atoms with Crippen LogP contribution in [0, 0.1) is 6.92 Å². The summed E-state index contributed by atoms with van der Waals surface area (Å²) < 4.78 is 7.86. The average Bonchev–Trinajstić information content (AvgIpc) is 2.62. The second kappa shape index (κ2) is 11.6. The van der Waals surface area contributed by atoms with Crippen LogP contribution in [-0.2, 0) is 6.61 Å². The molecular formula is C22H27Br2NO. The van der Waals surface area contributed by atoms with Gasteiger partial charge in [0.05, 0.1) is 8.95 Å². The van der Waals surface area contributed by atoms with Crippen LogP contribution in [0.1, 0.15) is 55.7 Å². The van der Waals surface area contributed by atoms with Crippen LogP contribution < -0.4 is 4.74 Å². The monoisotopic (exact) mass is 479 g/mol. The SMILES string of the molecule is CCCCCCC/N=C/c1cc(Br)c(OCc2ccc(C)cc2)c(Br)c1. The highest BCUT2D eigenvalue weighted by molar-refractivity contribution is 9.11. The van der Waals surface area contributed by atoms with Crippen LogP contribution in [0.3, 0.4) is 0 Å². The van der Waals surface area contributed by atoms with Crippen molar-refractivity contribution in [3.8, 4) is 5.75 Å². The van der Waals surface area contributed by atoms with E-state index in [0.717, 1.165) is 38.8 Å². The standard InChI is InChI=1S/C22H27Br2NO/c1-3-4-5-6-7-12-25-15-19-13-20(23)22(21(24)14-19)26-16-18-10-8-17(2)9-11-18/h8-11,13-15H,3-7,12,16H2,1-2H3/b25-15+. The molecule has 2 aromatic rings. The normalized spacial score (nSPS) is 11.2. The van der Waals surface area contributed by atoms with Crippen molar-refractivity contribution in [3.63, 3.8) is 0 Å². The predicted octanol–water partition coefficient (Wildman–Crippen LogP) is 7.49. The summed E-state index contributed by atoms with van der Waals surface area (Å²) in [6.45, 7) is 5.76. The molecule has 2 rings (SSSR count). The van der Waals surface area contributed by atoms with Crippen molar-refractivity contribution in [1.29, 1.82) is 0 Å². The highest BCUT2D eigenvalue weighted by Crippen LogP contribution is 2.35. The average molecular weight is 481 g/mol. The third kappa shape index (κ3) is 7.24. The Labute approximate surface area is 174 Å². The molecule has 26 heavy (non-hydrogen) atoms. The predicted molar refractivity (Wildman–Crippen MR) is 119 cm³/mol. The van der Waals surface area contributed by atoms with E-state index in [1.165, 1.54) is 31.2 Å². The van der Waals surface area contributed by atoms with Gasteiger partial charge in [-0.25, -0.2) is 0 Å². The lowest BCUT2D eigenvalue weighted by Crippen LogP contribution is -1.98. The molecule has 0 N–H and O–H groups in total. The second-order valence-electron chi connectivity index (χ2n) is 6.54. The van der Waals surface area contributed by atoms with E-state index in [0.29, 0.717) is 6.61 Å². The zero-order chi connectivity index (χ0) is 18.8. The molecule has 0 aromatic heterocycles. The Morgan fingerprint density at radius 3 is 2.27 bits per heavy atom. The van der Waals surface area contributed by atoms with Crippen molar-refractivity contribution in [1.82, 2.24) is 0 Å². The fourth-order valence-electron chi connectivity index (χ4n) is 2.61. The van der Waals surface area contributed by atoms with Crippen molar-refractivity contribution < 1.29 is 4.74 Å². The molecule has 2 aromatic carbocycles. The Bertz CT molecular complexity index is 688. The zero-order valence-electron chi connectivity index (χ0n) is 15.6. The van der Waals surface area contributed by atoms with Crippen molar-refractivity contribution in [3.05, 3.63) is 62.0 Å². The Kier molecular flexibility index (Phi) is 9.41. The number of ether oxygens (including phenoxy) is 1. The first-order chi connectivity index (χ1) is 12.6. The lowest BCUT2D eigenvalue weighted by molar-refractivity contribution is 0.302. The molecule has 0 spiro atoms. The molecule has 2 nitrogen and oxygen atoms in total. The highest BCUT2D eigenvalue weighted by Gasteiger charge is 2.09. The molecule has 0 saturated carbocycles. The topological polar surface area (TPSA) is 21.6 Å². The summed E-state index contributed by atoms with van der Waals surface area (Å²) in [6.07, 6.45) is 8.30. The van der Waals surface area contributed by atoms with Crippen molar-refractivity contribution in [2.45, 2.75) is 52.6 Å². The van der Waals surface area contributed by atoms with Crippen molar-refractivity contribution in [2.24, 2.45) is 4.99 Å². The minimum absolute atomic E-state index is 0.544. The Balaban J connectivity index is 1.89. The maximum absolute atomic E-state index is 5.99. The van der Waals surface area contributed by atoms with Crippen LogP contribution in [0.25, 0.3) is 0 Å². The van der Waals surface area contributed by atoms with Gasteiger partial charge in [0, 0.05) is 12.8 Å². The largest absolute Gasteiger partial charge is 0.487 e. The van der Waals surface area contributed by atoms with E-state index in [9.17, 15) is 0 Å². The number of nitrogens with zero attached hydrogens (tertiary/aromatic N) is 1. The second-order valence-corrected chi connectivity index (χ2v) is 8.25. The van der Waals surface area contributed by atoms with Gasteiger partial charge in [-0.3, -0.25) is 4.99 Å². The molecular weight excluding hydrogens is 454 g/mol. The molecule has 0 radical (unpaired) electrons. The number of rotatable bonds is 10. The maximum Gasteiger partial charge on any atom is 0.148 e. The molecule has 0 bridgehead atoms. The van der Waals surface area contributed by atoms with Gasteiger partial charge in [-0.1, -0.05) is 62.4 Å². The molecule has 0 fully saturated rings. The van der Waals surface area contributed by atoms with Gasteiger partial charge in [0.2, 0.25) is 0 Å². The highest BCUT2D eigenvalue weighted by atomic mass is 79.9. The third-order valence-electron chi connectivity index (χ3n) is 4.16. The summed E-state index contributed by atoms with van der Waals surface area (Å²) in [4.78, 5) is 4.55. The first-order valence-electron chi connectivity index (χ1n) is 9.27. The van der Waals surface area contributed by atoms with Crippen LogP contribution in [0.5, 0.6) is 5.75 Å². The molecule has 0 aliphatic carbocycles. The first-order valence-corrected chi connectivity index (χ1v) is 10.9. The summed E-state index contributed by atoms with van der Waals surface area (Å²) in [5.41, 5.74) is 3.48. The van der Waals surface area contributed by atoms with Gasteiger partial charge in [-0.2, -0.15) is 0 Å². The van der Waals surface area contributed by atoms with E-state index in [1.807, 2.05) is 6.21 Å². The van der Waals surface area contributed by atoms with Crippen LogP contribution in [-0.4, -0.2) is 12.8 Å². The van der Waals surface area contributed by atoms with Gasteiger partial charge in [0.1, 0.15) is 12.4 Å². The molecule has 0 saturated heterocycles. The summed E-state index contributed by atoms with van der Waals surface area (Å²) in [5.74, 6) is 0.822. The van der Waals surface area contributed by atoms with E-state index in [-0.39, 0.29) is 0 Å². The number of halogens is 2. The van der Waals surface area contributed by atoms with Crippen LogP contribution in [0.15, 0.2) is 50.3 Å². The number of hydrogen-bond acceptors (Lipinski definition) is 2. The summed E-state index contributed by atoms with van der Waals surface area (Å²) >= 11 is 7.24. The molecule has 0 amide bonds. The van der Waals surface area contributed by atoms with Crippen LogP contribution in [0.4, 0.5) is 0 Å². The lowest BCUT2D eigenvalue weighted by Gasteiger charge is -2.11. The minimum atomic E-state index is 0.544. The molecule has 0 atom stereocenters. The molecule has 140 valence electrons. The van der Waals surface area contributed by atoms with Crippen molar-refractivity contribution in [2.75, 3.05) is 6.54 Å². The van der Waals surface area contributed by atoms with E-state index in [4.69, 9.17) is 4.74 Å². The van der Waals surface area contributed by atoms with Gasteiger partial charge in [0.15, 0.2) is 0 Å². The Morgan fingerprint density at radius 2 is 1.62 bits per heavy atom. The van der Waals surface area contributed by atoms with Gasteiger partial charge in [-0.05, 0) is 68.5 Å². The fraction of sp³-hybridized carbons (Fsp3) is 0.409. The number of aliphatic imine (C=N–C) groups is 1. The molecule has 4 heteroatoms. The number of aryl methyl sites for hydroxylation is 1. The number of unbranched alkanes of at least 4 members (excludes halogenated alkanes) is 4. The zero-order valence-corrected chi connectivity index (χ0v) is 18.8. The van der Waals surface area contributed by atoms with E-state index in [2.05, 4.69) is 87.1 Å². The quantitative estimate of drug-likeness (QED) is 0.255. The van der Waals surface area contributed by atoms with E-state index in [1.54, 1.807) is 0 Å². The third-order valence-corrected chi connectivity index (χ3v) is 5.33. The summed E-state index contributed by atoms with van der Waals surface area (Å²) in [6, 6.07) is 12.5. The van der Waals surface area contributed by atoms with Gasteiger partial charge < -0.3 is 4.74 Å². The minimum Gasteiger partial charge on any atom is -0.487 e. The van der Waals surface area contributed by atoms with E-state index < -0.39 is 0 Å². The lowest BCUT2D eigenvalue weighted by atomic mass is 10.1. The molecule has 0 unspecified atom stereocenters. The molecule has 0 aliphatic heterocycles. The first kappa shape index (κ1) is 21.2. The van der Waals surface area contributed by atoms with E-state index >= 15 is 0 Å². The maximum atomic E-state index is 5.99. The smallest absolute Gasteiger partial charge is 0.148 e. The Morgan fingerprint density at radius 1 is 0.962 bits per heavy atom.